The van der Waals surface area contributed by atoms with Gasteiger partial charge in [0, 0.05) is 29.5 Å². The maximum absolute atomic E-state index is 11.9. The van der Waals surface area contributed by atoms with Crippen LogP contribution in [0.2, 0.25) is 0 Å². The van der Waals surface area contributed by atoms with Crippen LogP contribution in [0.15, 0.2) is 63.8 Å². The zero-order chi connectivity index (χ0) is 19.2. The van der Waals surface area contributed by atoms with Crippen molar-refractivity contribution in [3.05, 3.63) is 76.1 Å². The minimum Gasteiger partial charge on any atom is -0.497 e. The highest BCUT2D eigenvalue weighted by atomic mass is 16.5. The van der Waals surface area contributed by atoms with Gasteiger partial charge in [-0.15, -0.1) is 0 Å². The average Bonchev–Trinajstić information content (AvgIpc) is 2.67. The van der Waals surface area contributed by atoms with Gasteiger partial charge < -0.3 is 19.4 Å². The van der Waals surface area contributed by atoms with Crippen molar-refractivity contribution in [3.63, 3.8) is 0 Å². The number of nitrogens with one attached hydrogen (secondary N) is 1. The highest BCUT2D eigenvalue weighted by Gasteiger charge is 2.18. The molecule has 0 fully saturated rings. The predicted octanol–water partition coefficient (Wildman–Crippen LogP) is 0.621. The van der Waals surface area contributed by atoms with Crippen LogP contribution in [0.5, 0.6) is 5.75 Å². The van der Waals surface area contributed by atoms with E-state index < -0.39 is 0 Å². The molecule has 0 unspecified atom stereocenters. The number of methoxy groups -OCH3 is 1. The Kier molecular flexibility index (Phi) is 6.27. The number of nitrogens with two attached hydrogens (primary N) is 1. The lowest BCUT2D eigenvalue weighted by molar-refractivity contribution is -0.903. The second kappa shape index (κ2) is 8.84. The third-order valence-electron chi connectivity index (χ3n) is 4.99. The molecule has 27 heavy (non-hydrogen) atoms. The maximum Gasteiger partial charge on any atom is 0.336 e. The summed E-state index contributed by atoms with van der Waals surface area (Å²) in [5.74, 6) is 0.686. The fourth-order valence-electron chi connectivity index (χ4n) is 3.37. The summed E-state index contributed by atoms with van der Waals surface area (Å²) in [5, 5.41) is 3.24. The minimum absolute atomic E-state index is 0.321. The predicted molar refractivity (Wildman–Crippen MR) is 106 cm³/mol. The van der Waals surface area contributed by atoms with Crippen LogP contribution in [-0.4, -0.2) is 33.8 Å². The SMILES string of the molecule is COc1ccc2c(C[NH2+]C[C@H](Cc3ccccc3)[NH+](C)C)cc(=O)oc2c1. The standard InChI is InChI=1S/C22H26N2O3/c1-24(2)18(11-16-7-5-4-6-8-16)15-23-14-17-12-22(25)27-21-13-19(26-3)9-10-20(17)21/h4-10,12-13,18,23H,11,14-15H2,1-3H3/p+2/t18-/m0/s1. The molecular weight excluding hydrogens is 340 g/mol. The number of hydrogen-bond acceptors (Lipinski definition) is 3. The van der Waals surface area contributed by atoms with Crippen molar-refractivity contribution in [1.82, 2.24) is 0 Å². The molecule has 5 heteroatoms. The Hall–Kier alpha value is -2.63. The molecule has 0 aliphatic heterocycles. The summed E-state index contributed by atoms with van der Waals surface area (Å²) in [6, 6.07) is 18.3. The molecular formula is C22H28N2O3+2. The van der Waals surface area contributed by atoms with E-state index in [1.807, 2.05) is 18.2 Å². The van der Waals surface area contributed by atoms with E-state index in [0.717, 1.165) is 30.5 Å². The van der Waals surface area contributed by atoms with Gasteiger partial charge in [-0.25, -0.2) is 4.79 Å². The van der Waals surface area contributed by atoms with E-state index in [0.29, 0.717) is 17.4 Å². The average molecular weight is 368 g/mol. The Labute approximate surface area is 159 Å². The fourth-order valence-corrected chi connectivity index (χ4v) is 3.37. The van der Waals surface area contributed by atoms with Crippen molar-refractivity contribution in [3.8, 4) is 5.75 Å². The van der Waals surface area contributed by atoms with Gasteiger partial charge >= 0.3 is 5.63 Å². The van der Waals surface area contributed by atoms with Gasteiger partial charge in [0.05, 0.1) is 21.2 Å². The zero-order valence-electron chi connectivity index (χ0n) is 16.2. The third-order valence-corrected chi connectivity index (χ3v) is 4.99. The van der Waals surface area contributed by atoms with E-state index in [1.165, 1.54) is 10.5 Å². The van der Waals surface area contributed by atoms with Crippen molar-refractivity contribution in [2.24, 2.45) is 0 Å². The van der Waals surface area contributed by atoms with E-state index in [9.17, 15) is 4.79 Å². The molecule has 5 nitrogen and oxygen atoms in total. The lowest BCUT2D eigenvalue weighted by atomic mass is 10.0. The Morgan fingerprint density at radius 2 is 1.89 bits per heavy atom. The number of benzene rings is 2. The molecule has 0 bridgehead atoms. The summed E-state index contributed by atoms with van der Waals surface area (Å²) in [4.78, 5) is 13.4. The van der Waals surface area contributed by atoms with E-state index in [1.54, 1.807) is 19.2 Å². The molecule has 0 saturated carbocycles. The van der Waals surface area contributed by atoms with E-state index in [2.05, 4.69) is 43.7 Å². The molecule has 0 aliphatic rings. The highest BCUT2D eigenvalue weighted by molar-refractivity contribution is 5.81. The van der Waals surface area contributed by atoms with E-state index in [4.69, 9.17) is 9.15 Å². The van der Waals surface area contributed by atoms with Crippen molar-refractivity contribution < 1.29 is 19.4 Å². The third kappa shape index (κ3) is 4.96. The molecule has 142 valence electrons. The van der Waals surface area contributed by atoms with Crippen molar-refractivity contribution >= 4 is 11.0 Å². The summed E-state index contributed by atoms with van der Waals surface area (Å²) >= 11 is 0. The van der Waals surface area contributed by atoms with Crippen molar-refractivity contribution in [2.45, 2.75) is 19.0 Å². The Morgan fingerprint density at radius 1 is 1.11 bits per heavy atom. The van der Waals surface area contributed by atoms with Gasteiger partial charge in [-0.3, -0.25) is 0 Å². The molecule has 3 rings (SSSR count). The summed E-state index contributed by atoms with van der Waals surface area (Å²) in [7, 11) is 5.99. The molecule has 2 aromatic carbocycles. The second-order valence-corrected chi connectivity index (χ2v) is 7.15. The van der Waals surface area contributed by atoms with Crippen molar-refractivity contribution in [1.29, 1.82) is 0 Å². The fraction of sp³-hybridized carbons (Fsp3) is 0.318. The monoisotopic (exact) mass is 368 g/mol. The highest BCUT2D eigenvalue weighted by Crippen LogP contribution is 2.21. The molecule has 0 saturated heterocycles. The van der Waals surface area contributed by atoms with Gasteiger partial charge in [0.15, 0.2) is 0 Å². The first-order valence-electron chi connectivity index (χ1n) is 9.33. The zero-order valence-corrected chi connectivity index (χ0v) is 16.2. The first-order chi connectivity index (χ1) is 13.1. The van der Waals surface area contributed by atoms with Crippen LogP contribution in [0.1, 0.15) is 11.1 Å². The van der Waals surface area contributed by atoms with Crippen LogP contribution in [0.25, 0.3) is 11.0 Å². The normalized spacial score (nSPS) is 12.4. The summed E-state index contributed by atoms with van der Waals surface area (Å²) < 4.78 is 10.6. The minimum atomic E-state index is -0.321. The van der Waals surface area contributed by atoms with Crippen LogP contribution in [0, 0.1) is 0 Å². The number of hydrogen-bond donors (Lipinski definition) is 2. The molecule has 1 atom stereocenters. The maximum atomic E-state index is 11.9. The Balaban J connectivity index is 1.71. The number of fused-ring (bicyclic) bond motifs is 1. The van der Waals surface area contributed by atoms with Crippen LogP contribution < -0.4 is 20.6 Å². The molecule has 0 amide bonds. The quantitative estimate of drug-likeness (QED) is 0.573. The second-order valence-electron chi connectivity index (χ2n) is 7.15. The molecule has 0 spiro atoms. The van der Waals surface area contributed by atoms with Gasteiger partial charge in [0.1, 0.15) is 30.5 Å². The number of rotatable bonds is 8. The smallest absolute Gasteiger partial charge is 0.336 e. The number of likely N-dealkylation sites (N-methyl/N-ethyl adjacent to an activating group) is 1. The van der Waals surface area contributed by atoms with E-state index in [-0.39, 0.29) is 5.63 Å². The largest absolute Gasteiger partial charge is 0.497 e. The van der Waals surface area contributed by atoms with Gasteiger partial charge in [-0.2, -0.15) is 0 Å². The number of ether oxygens (including phenoxy) is 1. The Morgan fingerprint density at radius 3 is 2.59 bits per heavy atom. The molecule has 0 aliphatic carbocycles. The molecule has 1 heterocycles. The first-order valence-corrected chi connectivity index (χ1v) is 9.33. The van der Waals surface area contributed by atoms with Crippen molar-refractivity contribution in [2.75, 3.05) is 27.7 Å². The summed E-state index contributed by atoms with van der Waals surface area (Å²) in [5.41, 5.74) is 2.61. The van der Waals surface area contributed by atoms with Crippen LogP contribution in [0.3, 0.4) is 0 Å². The van der Waals surface area contributed by atoms with Crippen LogP contribution in [-0.2, 0) is 13.0 Å². The lowest BCUT2D eigenvalue weighted by Gasteiger charge is -2.20. The molecule has 1 aromatic heterocycles. The molecule has 0 radical (unpaired) electrons. The van der Waals surface area contributed by atoms with E-state index >= 15 is 0 Å². The van der Waals surface area contributed by atoms with Gasteiger partial charge in [-0.05, 0) is 17.7 Å². The Bertz CT molecular complexity index is 935. The summed E-state index contributed by atoms with van der Waals surface area (Å²) in [6.45, 7) is 1.72. The topological polar surface area (TPSA) is 60.5 Å². The van der Waals surface area contributed by atoms with Gasteiger partial charge in [0.25, 0.3) is 0 Å². The van der Waals surface area contributed by atoms with Crippen LogP contribution >= 0.6 is 0 Å². The first kappa shape index (κ1) is 19.1. The molecule has 3 aromatic rings. The van der Waals surface area contributed by atoms with Gasteiger partial charge in [0.2, 0.25) is 0 Å². The molecule has 3 N–H and O–H groups in total. The lowest BCUT2D eigenvalue weighted by Crippen LogP contribution is -3.14. The number of quaternary nitrogens is 2. The summed E-state index contributed by atoms with van der Waals surface area (Å²) in [6.07, 6.45) is 1.04. The van der Waals surface area contributed by atoms with Gasteiger partial charge in [-0.1, -0.05) is 30.3 Å². The van der Waals surface area contributed by atoms with Crippen LogP contribution in [0.4, 0.5) is 0 Å².